The summed E-state index contributed by atoms with van der Waals surface area (Å²) in [6.07, 6.45) is -4.42. The van der Waals surface area contributed by atoms with E-state index in [2.05, 4.69) is 10.3 Å². The lowest BCUT2D eigenvalue weighted by Gasteiger charge is -2.34. The van der Waals surface area contributed by atoms with E-state index in [4.69, 9.17) is 9.57 Å². The van der Waals surface area contributed by atoms with Crippen LogP contribution in [0.4, 0.5) is 13.2 Å². The van der Waals surface area contributed by atoms with Gasteiger partial charge in [-0.3, -0.25) is 5.17 Å². The van der Waals surface area contributed by atoms with Crippen LogP contribution in [0.2, 0.25) is 0 Å². The third-order valence-corrected chi connectivity index (χ3v) is 4.53. The fourth-order valence-electron chi connectivity index (χ4n) is 2.90. The van der Waals surface area contributed by atoms with Crippen LogP contribution >= 0.6 is 0 Å². The Morgan fingerprint density at radius 3 is 2.53 bits per heavy atom. The van der Waals surface area contributed by atoms with Crippen LogP contribution in [0.25, 0.3) is 0 Å². The van der Waals surface area contributed by atoms with Gasteiger partial charge in [-0.05, 0) is 35.7 Å². The number of hydrogen-bond donors (Lipinski definition) is 0. The van der Waals surface area contributed by atoms with Crippen LogP contribution in [-0.4, -0.2) is 36.1 Å². The zero-order valence-corrected chi connectivity index (χ0v) is 16.6. The quantitative estimate of drug-likeness (QED) is 0.532. The van der Waals surface area contributed by atoms with Gasteiger partial charge in [0.1, 0.15) is 12.6 Å². The Morgan fingerprint density at radius 1 is 1.20 bits per heavy atom. The van der Waals surface area contributed by atoms with Crippen LogP contribution in [0, 0.1) is 5.21 Å². The third kappa shape index (κ3) is 4.71. The first-order chi connectivity index (χ1) is 14.2. The van der Waals surface area contributed by atoms with E-state index in [1.807, 2.05) is 0 Å². The number of hydrazine groups is 1. The maximum atomic E-state index is 12.8. The molecule has 7 nitrogen and oxygen atoms in total. The van der Waals surface area contributed by atoms with E-state index >= 15 is 0 Å². The van der Waals surface area contributed by atoms with E-state index in [1.165, 1.54) is 26.3 Å². The molecule has 10 heteroatoms. The fraction of sp³-hybridized carbons (Fsp3) is 0.300. The van der Waals surface area contributed by atoms with Gasteiger partial charge in [0.25, 0.3) is 0 Å². The first kappa shape index (κ1) is 21.6. The molecule has 0 spiro atoms. The molecule has 1 heterocycles. The van der Waals surface area contributed by atoms with E-state index in [1.54, 1.807) is 31.2 Å². The van der Waals surface area contributed by atoms with Crippen molar-refractivity contribution in [1.82, 2.24) is 10.3 Å². The van der Waals surface area contributed by atoms with E-state index in [0.29, 0.717) is 22.0 Å². The summed E-state index contributed by atoms with van der Waals surface area (Å²) in [5.74, 6) is 0.290. The topological polar surface area (TPSA) is 72.7 Å². The highest BCUT2D eigenvalue weighted by Crippen LogP contribution is 2.30. The Labute approximate surface area is 171 Å². The first-order valence-corrected chi connectivity index (χ1v) is 8.96. The largest absolute Gasteiger partial charge is 0.765 e. The lowest BCUT2D eigenvalue weighted by Crippen LogP contribution is -2.30. The fourth-order valence-corrected chi connectivity index (χ4v) is 2.90. The third-order valence-electron chi connectivity index (χ3n) is 4.53. The van der Waals surface area contributed by atoms with Gasteiger partial charge in [-0.2, -0.15) is 13.2 Å². The summed E-state index contributed by atoms with van der Waals surface area (Å²) in [7, 11) is 2.98. The summed E-state index contributed by atoms with van der Waals surface area (Å²) in [4.78, 5) is 5.29. The van der Waals surface area contributed by atoms with Gasteiger partial charge < -0.3 is 14.8 Å². The van der Waals surface area contributed by atoms with Gasteiger partial charge in [0.15, 0.2) is 0 Å². The zero-order chi connectivity index (χ0) is 21.9. The van der Waals surface area contributed by atoms with Crippen molar-refractivity contribution in [3.05, 3.63) is 76.0 Å². The lowest BCUT2D eigenvalue weighted by atomic mass is 10.1. The summed E-state index contributed by atoms with van der Waals surface area (Å²) in [6, 6.07) is 11.3. The molecular formula is C20H20F3N4O3-. The molecule has 0 amide bonds. The van der Waals surface area contributed by atoms with E-state index < -0.39 is 17.8 Å². The standard InChI is InChI=1S/C20H20F3N4O3/c1-13(16-5-4-6-17(11-16)20(21,22)23)25-30-12-14-7-9-15(10-8-14)18-19(29-3)24-26(2)27(18)28/h4-11,18H,12H2,1-3H3/q-1. The van der Waals surface area contributed by atoms with Crippen molar-refractivity contribution >= 4 is 11.6 Å². The van der Waals surface area contributed by atoms with Crippen LogP contribution < -0.4 is 0 Å². The molecule has 0 radical (unpaired) electrons. The summed E-state index contributed by atoms with van der Waals surface area (Å²) in [6.45, 7) is 1.69. The number of methoxy groups -OCH3 is 1. The number of oxime groups is 1. The molecule has 30 heavy (non-hydrogen) atoms. The average molecular weight is 421 g/mol. The Morgan fingerprint density at radius 2 is 1.90 bits per heavy atom. The minimum atomic E-state index is -4.42. The molecule has 1 aliphatic heterocycles. The first-order valence-electron chi connectivity index (χ1n) is 8.96. The van der Waals surface area contributed by atoms with Gasteiger partial charge in [-0.15, -0.1) is 5.10 Å². The molecule has 0 saturated carbocycles. The van der Waals surface area contributed by atoms with Crippen LogP contribution in [0.3, 0.4) is 0 Å². The van der Waals surface area contributed by atoms with Crippen LogP contribution in [-0.2, 0) is 22.4 Å². The molecule has 0 bridgehead atoms. The molecule has 1 aliphatic rings. The molecule has 0 aromatic heterocycles. The second kappa shape index (κ2) is 8.72. The molecule has 0 N–H and O–H groups in total. The Bertz CT molecular complexity index is 945. The molecule has 2 aromatic rings. The SMILES string of the molecule is COC1=NN(C)N([O-])C1c1ccc(CON=C(C)c2cccc(C(F)(F)F)c2)cc1. The number of nitrogens with zero attached hydrogens (tertiary/aromatic N) is 4. The monoisotopic (exact) mass is 421 g/mol. The summed E-state index contributed by atoms with van der Waals surface area (Å²) < 4.78 is 43.7. The van der Waals surface area contributed by atoms with Gasteiger partial charge in [0.2, 0.25) is 5.90 Å². The molecule has 1 unspecified atom stereocenters. The predicted molar refractivity (Wildman–Crippen MR) is 105 cm³/mol. The zero-order valence-electron chi connectivity index (χ0n) is 16.6. The molecule has 0 fully saturated rings. The van der Waals surface area contributed by atoms with Gasteiger partial charge in [-0.25, -0.2) is 5.12 Å². The van der Waals surface area contributed by atoms with Crippen molar-refractivity contribution in [2.45, 2.75) is 25.7 Å². The second-order valence-electron chi connectivity index (χ2n) is 6.61. The van der Waals surface area contributed by atoms with Crippen molar-refractivity contribution in [3.8, 4) is 0 Å². The molecule has 160 valence electrons. The lowest BCUT2D eigenvalue weighted by molar-refractivity contribution is -0.137. The van der Waals surface area contributed by atoms with Gasteiger partial charge in [-0.1, -0.05) is 41.6 Å². The molecule has 1 atom stereocenters. The Balaban J connectivity index is 1.64. The Hall–Kier alpha value is -3.11. The summed E-state index contributed by atoms with van der Waals surface area (Å²) in [5.41, 5.74) is 1.39. The number of hydrogen-bond acceptors (Lipinski definition) is 7. The smallest absolute Gasteiger partial charge is 0.416 e. The van der Waals surface area contributed by atoms with Crippen molar-refractivity contribution in [3.63, 3.8) is 0 Å². The maximum Gasteiger partial charge on any atom is 0.416 e. The highest BCUT2D eigenvalue weighted by atomic mass is 19.4. The minimum absolute atomic E-state index is 0.119. The molecule has 0 saturated heterocycles. The number of benzene rings is 2. The average Bonchev–Trinajstić information content (AvgIpc) is 3.02. The van der Waals surface area contributed by atoms with Crippen molar-refractivity contribution in [2.75, 3.05) is 14.2 Å². The minimum Gasteiger partial charge on any atom is -0.765 e. The number of halogens is 3. The van der Waals surface area contributed by atoms with Crippen LogP contribution in [0.15, 0.2) is 58.8 Å². The van der Waals surface area contributed by atoms with Gasteiger partial charge >= 0.3 is 6.18 Å². The van der Waals surface area contributed by atoms with Gasteiger partial charge in [0.05, 0.1) is 18.4 Å². The van der Waals surface area contributed by atoms with E-state index in [9.17, 15) is 18.4 Å². The number of hydrazone groups is 1. The second-order valence-corrected chi connectivity index (χ2v) is 6.61. The number of rotatable bonds is 5. The Kier molecular flexibility index (Phi) is 6.28. The van der Waals surface area contributed by atoms with Crippen molar-refractivity contribution < 1.29 is 22.7 Å². The van der Waals surface area contributed by atoms with E-state index in [-0.39, 0.29) is 12.5 Å². The van der Waals surface area contributed by atoms with Crippen LogP contribution in [0.1, 0.15) is 35.2 Å². The van der Waals surface area contributed by atoms with Crippen molar-refractivity contribution in [2.24, 2.45) is 10.3 Å². The van der Waals surface area contributed by atoms with Gasteiger partial charge in [0, 0.05) is 7.05 Å². The van der Waals surface area contributed by atoms with E-state index in [0.717, 1.165) is 22.8 Å². The number of hydroxylamine groups is 1. The molecule has 0 aliphatic carbocycles. The molecule has 2 aromatic carbocycles. The predicted octanol–water partition coefficient (Wildman–Crippen LogP) is 4.31. The van der Waals surface area contributed by atoms with Crippen molar-refractivity contribution in [1.29, 1.82) is 0 Å². The highest BCUT2D eigenvalue weighted by molar-refractivity contribution is 5.98. The number of alkyl halides is 3. The maximum absolute atomic E-state index is 12.8. The molecular weight excluding hydrogens is 401 g/mol. The summed E-state index contributed by atoms with van der Waals surface area (Å²) in [5, 5.41) is 21.9. The molecule has 3 rings (SSSR count). The highest BCUT2D eigenvalue weighted by Gasteiger charge is 2.31. The van der Waals surface area contributed by atoms with Crippen LogP contribution in [0.5, 0.6) is 0 Å². The number of ether oxygens (including phenoxy) is 1. The normalized spacial score (nSPS) is 17.8. The summed E-state index contributed by atoms with van der Waals surface area (Å²) >= 11 is 0.